The number of rotatable bonds is 8. The summed E-state index contributed by atoms with van der Waals surface area (Å²) in [6.07, 6.45) is 0. The lowest BCUT2D eigenvalue weighted by molar-refractivity contribution is 0.0780. The number of ether oxygens (including phenoxy) is 2. The van der Waals surface area contributed by atoms with Crippen molar-refractivity contribution in [2.45, 2.75) is 24.1 Å². The SMILES string of the molecule is COc1ccc(CN(C)C(=O)c2ccccc2SCc2nc(C)no2)c(OC)c1. The van der Waals surface area contributed by atoms with Crippen molar-refractivity contribution in [2.75, 3.05) is 21.3 Å². The molecule has 1 amide bonds. The van der Waals surface area contributed by atoms with Crippen LogP contribution in [0.1, 0.15) is 27.6 Å². The van der Waals surface area contributed by atoms with Crippen molar-refractivity contribution >= 4 is 17.7 Å². The summed E-state index contributed by atoms with van der Waals surface area (Å²) >= 11 is 1.49. The maximum atomic E-state index is 13.1. The molecule has 0 unspecified atom stereocenters. The van der Waals surface area contributed by atoms with Gasteiger partial charge in [0.25, 0.3) is 5.91 Å². The Labute approximate surface area is 174 Å². The molecule has 0 saturated carbocycles. The fourth-order valence-corrected chi connectivity index (χ4v) is 3.70. The van der Waals surface area contributed by atoms with Crippen LogP contribution in [0.5, 0.6) is 11.5 Å². The molecule has 0 atom stereocenters. The number of benzene rings is 2. The van der Waals surface area contributed by atoms with Gasteiger partial charge in [0.2, 0.25) is 5.89 Å². The lowest BCUT2D eigenvalue weighted by Gasteiger charge is -2.20. The Bertz CT molecular complexity index is 990. The minimum Gasteiger partial charge on any atom is -0.497 e. The molecule has 0 saturated heterocycles. The van der Waals surface area contributed by atoms with Crippen molar-refractivity contribution in [1.29, 1.82) is 0 Å². The van der Waals surface area contributed by atoms with E-state index in [2.05, 4.69) is 10.1 Å². The molecule has 0 aliphatic heterocycles. The van der Waals surface area contributed by atoms with Crippen LogP contribution in [0.25, 0.3) is 0 Å². The average molecular weight is 413 g/mol. The van der Waals surface area contributed by atoms with Crippen molar-refractivity contribution in [3.05, 3.63) is 65.3 Å². The van der Waals surface area contributed by atoms with E-state index < -0.39 is 0 Å². The van der Waals surface area contributed by atoms with Gasteiger partial charge in [0, 0.05) is 30.1 Å². The molecule has 2 aromatic carbocycles. The van der Waals surface area contributed by atoms with Crippen LogP contribution in [-0.2, 0) is 12.3 Å². The minimum atomic E-state index is -0.0762. The Hall–Kier alpha value is -3.00. The molecule has 0 fully saturated rings. The van der Waals surface area contributed by atoms with E-state index in [0.717, 1.165) is 10.5 Å². The standard InChI is InChI=1S/C21H23N3O4S/c1-14-22-20(28-23-14)13-29-19-8-6-5-7-17(19)21(25)24(2)12-15-9-10-16(26-3)11-18(15)27-4/h5-11H,12-13H2,1-4H3. The molecule has 1 aromatic heterocycles. The molecule has 0 aliphatic rings. The number of thioether (sulfide) groups is 1. The van der Waals surface area contributed by atoms with E-state index in [1.54, 1.807) is 33.1 Å². The van der Waals surface area contributed by atoms with E-state index in [4.69, 9.17) is 14.0 Å². The van der Waals surface area contributed by atoms with Gasteiger partial charge in [-0.1, -0.05) is 17.3 Å². The number of carbonyl (C=O) groups is 1. The van der Waals surface area contributed by atoms with Crippen LogP contribution < -0.4 is 9.47 Å². The summed E-state index contributed by atoms with van der Waals surface area (Å²) in [6.45, 7) is 2.19. The molecule has 1 heterocycles. The molecule has 29 heavy (non-hydrogen) atoms. The summed E-state index contributed by atoms with van der Waals surface area (Å²) < 4.78 is 15.8. The molecule has 0 radical (unpaired) electrons. The Balaban J connectivity index is 1.74. The fraction of sp³-hybridized carbons (Fsp3) is 0.286. The average Bonchev–Trinajstić information content (AvgIpc) is 3.17. The molecule has 0 aliphatic carbocycles. The molecular formula is C21H23N3O4S. The first-order chi connectivity index (χ1) is 14.0. The van der Waals surface area contributed by atoms with Crippen molar-refractivity contribution in [2.24, 2.45) is 0 Å². The Kier molecular flexibility index (Phi) is 6.77. The highest BCUT2D eigenvalue weighted by molar-refractivity contribution is 7.98. The van der Waals surface area contributed by atoms with Gasteiger partial charge in [-0.15, -0.1) is 11.8 Å². The maximum Gasteiger partial charge on any atom is 0.255 e. The minimum absolute atomic E-state index is 0.0762. The fourth-order valence-electron chi connectivity index (χ4n) is 2.82. The van der Waals surface area contributed by atoms with Crippen molar-refractivity contribution < 1.29 is 18.8 Å². The third kappa shape index (κ3) is 5.08. The molecule has 0 spiro atoms. The lowest BCUT2D eigenvalue weighted by atomic mass is 10.1. The van der Waals surface area contributed by atoms with Gasteiger partial charge in [-0.2, -0.15) is 4.98 Å². The largest absolute Gasteiger partial charge is 0.497 e. The van der Waals surface area contributed by atoms with Gasteiger partial charge in [0.05, 0.1) is 25.5 Å². The van der Waals surface area contributed by atoms with E-state index >= 15 is 0 Å². The first-order valence-corrected chi connectivity index (χ1v) is 9.97. The van der Waals surface area contributed by atoms with Gasteiger partial charge in [-0.05, 0) is 31.2 Å². The molecule has 0 N–H and O–H groups in total. The van der Waals surface area contributed by atoms with Crippen molar-refractivity contribution in [3.63, 3.8) is 0 Å². The number of methoxy groups -OCH3 is 2. The number of aromatic nitrogens is 2. The Morgan fingerprint density at radius 2 is 1.97 bits per heavy atom. The normalized spacial score (nSPS) is 10.6. The zero-order valence-electron chi connectivity index (χ0n) is 16.8. The quantitative estimate of drug-likeness (QED) is 0.517. The molecule has 7 nitrogen and oxygen atoms in total. The third-order valence-corrected chi connectivity index (χ3v) is 5.34. The molecule has 8 heteroatoms. The van der Waals surface area contributed by atoms with Crippen LogP contribution in [0.4, 0.5) is 0 Å². The Morgan fingerprint density at radius 1 is 1.17 bits per heavy atom. The zero-order chi connectivity index (χ0) is 20.8. The van der Waals surface area contributed by atoms with E-state index in [1.807, 2.05) is 42.5 Å². The van der Waals surface area contributed by atoms with Gasteiger partial charge in [0.15, 0.2) is 5.82 Å². The van der Waals surface area contributed by atoms with E-state index in [-0.39, 0.29) is 5.91 Å². The van der Waals surface area contributed by atoms with Gasteiger partial charge in [-0.3, -0.25) is 4.79 Å². The highest BCUT2D eigenvalue weighted by Crippen LogP contribution is 2.29. The molecular weight excluding hydrogens is 390 g/mol. The number of carbonyl (C=O) groups excluding carboxylic acids is 1. The van der Waals surface area contributed by atoms with Crippen LogP contribution in [0.3, 0.4) is 0 Å². The van der Waals surface area contributed by atoms with Gasteiger partial charge in [-0.25, -0.2) is 0 Å². The molecule has 3 rings (SSSR count). The summed E-state index contributed by atoms with van der Waals surface area (Å²) in [7, 11) is 4.98. The second kappa shape index (κ2) is 9.47. The first-order valence-electron chi connectivity index (χ1n) is 8.99. The summed E-state index contributed by atoms with van der Waals surface area (Å²) in [5.41, 5.74) is 1.53. The van der Waals surface area contributed by atoms with Gasteiger partial charge in [0.1, 0.15) is 11.5 Å². The van der Waals surface area contributed by atoms with Crippen molar-refractivity contribution in [3.8, 4) is 11.5 Å². The maximum absolute atomic E-state index is 13.1. The predicted octanol–water partition coefficient (Wildman–Crippen LogP) is 3.96. The smallest absolute Gasteiger partial charge is 0.255 e. The highest BCUT2D eigenvalue weighted by atomic mass is 32.2. The van der Waals surface area contributed by atoms with Crippen LogP contribution in [0.15, 0.2) is 51.9 Å². The van der Waals surface area contributed by atoms with Crippen LogP contribution >= 0.6 is 11.8 Å². The second-order valence-electron chi connectivity index (χ2n) is 6.36. The first kappa shape index (κ1) is 20.7. The molecule has 152 valence electrons. The predicted molar refractivity (Wildman–Crippen MR) is 110 cm³/mol. The second-order valence-corrected chi connectivity index (χ2v) is 7.38. The zero-order valence-corrected chi connectivity index (χ0v) is 17.7. The van der Waals surface area contributed by atoms with Crippen LogP contribution in [-0.4, -0.2) is 42.2 Å². The summed E-state index contributed by atoms with van der Waals surface area (Å²) in [4.78, 5) is 19.8. The Morgan fingerprint density at radius 3 is 2.66 bits per heavy atom. The number of amides is 1. The van der Waals surface area contributed by atoms with E-state index in [9.17, 15) is 4.79 Å². The number of hydrogen-bond donors (Lipinski definition) is 0. The van der Waals surface area contributed by atoms with E-state index in [1.165, 1.54) is 11.8 Å². The van der Waals surface area contributed by atoms with Crippen LogP contribution in [0.2, 0.25) is 0 Å². The number of nitrogens with zero attached hydrogens (tertiary/aromatic N) is 3. The lowest BCUT2D eigenvalue weighted by Crippen LogP contribution is -2.26. The number of aryl methyl sites for hydroxylation is 1. The summed E-state index contributed by atoms with van der Waals surface area (Å²) in [5, 5.41) is 3.79. The third-order valence-electron chi connectivity index (χ3n) is 4.29. The van der Waals surface area contributed by atoms with Gasteiger partial charge >= 0.3 is 0 Å². The molecule has 3 aromatic rings. The topological polar surface area (TPSA) is 77.7 Å². The van der Waals surface area contributed by atoms with Crippen molar-refractivity contribution in [1.82, 2.24) is 15.0 Å². The monoisotopic (exact) mass is 413 g/mol. The summed E-state index contributed by atoms with van der Waals surface area (Å²) in [6, 6.07) is 13.1. The highest BCUT2D eigenvalue weighted by Gasteiger charge is 2.18. The molecule has 0 bridgehead atoms. The van der Waals surface area contributed by atoms with Crippen LogP contribution in [0, 0.1) is 6.92 Å². The number of hydrogen-bond acceptors (Lipinski definition) is 7. The summed E-state index contributed by atoms with van der Waals surface area (Å²) in [5.74, 6) is 2.94. The van der Waals surface area contributed by atoms with Gasteiger partial charge < -0.3 is 18.9 Å². The van der Waals surface area contributed by atoms with E-state index in [0.29, 0.717) is 41.1 Å².